The van der Waals surface area contributed by atoms with Gasteiger partial charge >= 0.3 is 0 Å². The first-order valence-electron chi connectivity index (χ1n) is 12.9. The highest BCUT2D eigenvalue weighted by Gasteiger charge is 2.51. The van der Waals surface area contributed by atoms with Gasteiger partial charge < -0.3 is 15.5 Å². The number of amides is 3. The van der Waals surface area contributed by atoms with Crippen LogP contribution in [0.25, 0.3) is 0 Å². The van der Waals surface area contributed by atoms with Crippen molar-refractivity contribution < 1.29 is 23.2 Å². The fraction of sp³-hybridized carbons (Fsp3) is 0.379. The van der Waals surface area contributed by atoms with E-state index in [1.54, 1.807) is 31.5 Å². The van der Waals surface area contributed by atoms with Crippen molar-refractivity contribution in [2.24, 2.45) is 11.8 Å². The lowest BCUT2D eigenvalue weighted by Crippen LogP contribution is -2.46. The Morgan fingerprint density at radius 2 is 2.00 bits per heavy atom. The molecular weight excluding hydrogens is 490 g/mol. The first-order valence-corrected chi connectivity index (χ1v) is 12.9. The third-order valence-corrected chi connectivity index (χ3v) is 8.49. The van der Waals surface area contributed by atoms with Gasteiger partial charge in [0.2, 0.25) is 11.8 Å². The topological polar surface area (TPSA) is 91.4 Å². The van der Waals surface area contributed by atoms with Crippen LogP contribution in [0.2, 0.25) is 0 Å². The molecule has 4 aliphatic rings. The van der Waals surface area contributed by atoms with Gasteiger partial charge in [-0.25, -0.2) is 13.8 Å². The zero-order chi connectivity index (χ0) is 26.6. The quantitative estimate of drug-likeness (QED) is 0.652. The summed E-state index contributed by atoms with van der Waals surface area (Å²) in [6, 6.07) is 8.36. The summed E-state index contributed by atoms with van der Waals surface area (Å²) in [6.45, 7) is 0.285. The molecule has 1 saturated heterocycles. The summed E-state index contributed by atoms with van der Waals surface area (Å²) in [6.07, 6.45) is 6.03. The van der Waals surface area contributed by atoms with Crippen molar-refractivity contribution >= 4 is 23.5 Å². The number of carbonyl (C=O) groups excluding carboxylic acids is 3. The van der Waals surface area contributed by atoms with Crippen molar-refractivity contribution in [3.05, 3.63) is 82.8 Å². The SMILES string of the molecule is CN1C[C@H](C2C=CC=C(F)C2F)CC[C@@H](NC(=O)c2ccc3c(c2)CC2(C3)C(=O)Nc3ncccc32)C1=O. The van der Waals surface area contributed by atoms with Gasteiger partial charge in [0.05, 0.1) is 5.41 Å². The van der Waals surface area contributed by atoms with E-state index in [0.717, 1.165) is 22.8 Å². The van der Waals surface area contributed by atoms with Crippen molar-refractivity contribution in [3.8, 4) is 0 Å². The molecule has 0 saturated carbocycles. The minimum Gasteiger partial charge on any atom is -0.344 e. The highest BCUT2D eigenvalue weighted by atomic mass is 19.2. The molecule has 6 rings (SSSR count). The minimum absolute atomic E-state index is 0.0891. The van der Waals surface area contributed by atoms with Gasteiger partial charge in [0.25, 0.3) is 5.91 Å². The molecule has 0 radical (unpaired) electrons. The van der Waals surface area contributed by atoms with E-state index in [2.05, 4.69) is 15.6 Å². The third kappa shape index (κ3) is 3.92. The molecule has 3 unspecified atom stereocenters. The van der Waals surface area contributed by atoms with Crippen LogP contribution in [0.15, 0.2) is 60.6 Å². The standard InChI is InChI=1S/C29H28F2N4O3/c1-35-15-18(20-4-2-6-22(30)24(20)31)9-10-23(27(35)37)33-26(36)16-7-8-17-13-29(14-19(17)12-16)21-5-3-11-32-25(21)34-28(29)38/h2-8,11-12,18,20,23-24H,9-10,13-15H2,1H3,(H,33,36)(H,32,34,38)/t18-,20?,23-,24?,29?/m1/s1. The summed E-state index contributed by atoms with van der Waals surface area (Å²) >= 11 is 0. The lowest BCUT2D eigenvalue weighted by atomic mass is 9.79. The molecule has 9 heteroatoms. The number of likely N-dealkylation sites (tertiary alicyclic amines) is 1. The second-order valence-corrected chi connectivity index (χ2v) is 10.8. The van der Waals surface area contributed by atoms with Crippen LogP contribution < -0.4 is 10.6 Å². The van der Waals surface area contributed by atoms with E-state index in [1.807, 2.05) is 18.2 Å². The number of aromatic nitrogens is 1. The molecule has 7 nitrogen and oxygen atoms in total. The number of anilines is 1. The van der Waals surface area contributed by atoms with E-state index in [0.29, 0.717) is 37.1 Å². The largest absolute Gasteiger partial charge is 0.344 e. The maximum absolute atomic E-state index is 14.5. The Morgan fingerprint density at radius 1 is 1.18 bits per heavy atom. The molecule has 5 atom stereocenters. The number of allylic oxidation sites excluding steroid dienone is 4. The second kappa shape index (κ2) is 9.15. The highest BCUT2D eigenvalue weighted by molar-refractivity contribution is 6.06. The van der Waals surface area contributed by atoms with Crippen LogP contribution in [-0.4, -0.2) is 53.4 Å². The minimum atomic E-state index is -1.72. The number of alkyl halides is 1. The molecule has 2 N–H and O–H groups in total. The van der Waals surface area contributed by atoms with Crippen LogP contribution in [-0.2, 0) is 27.8 Å². The first-order chi connectivity index (χ1) is 18.3. The number of benzene rings is 1. The molecule has 0 bridgehead atoms. The number of carbonyl (C=O) groups is 3. The third-order valence-electron chi connectivity index (χ3n) is 8.49. The zero-order valence-corrected chi connectivity index (χ0v) is 20.9. The molecule has 2 aliphatic heterocycles. The molecule has 1 aromatic carbocycles. The predicted octanol–water partition coefficient (Wildman–Crippen LogP) is 3.41. The number of likely N-dealkylation sites (N-methyl/N-ethyl adjacent to an activating group) is 1. The molecule has 38 heavy (non-hydrogen) atoms. The number of pyridine rings is 1. The fourth-order valence-electron chi connectivity index (χ4n) is 6.45. The molecule has 3 heterocycles. The molecule has 1 spiro atoms. The van der Waals surface area contributed by atoms with Gasteiger partial charge in [-0.05, 0) is 67.0 Å². The Morgan fingerprint density at radius 3 is 2.84 bits per heavy atom. The smallest absolute Gasteiger partial charge is 0.251 e. The predicted molar refractivity (Wildman–Crippen MR) is 137 cm³/mol. The van der Waals surface area contributed by atoms with E-state index >= 15 is 0 Å². The van der Waals surface area contributed by atoms with Crippen molar-refractivity contribution in [1.82, 2.24) is 15.2 Å². The molecular formula is C29H28F2N4O3. The Bertz CT molecular complexity index is 1410. The summed E-state index contributed by atoms with van der Waals surface area (Å²) < 4.78 is 28.4. The highest BCUT2D eigenvalue weighted by Crippen LogP contribution is 2.46. The summed E-state index contributed by atoms with van der Waals surface area (Å²) in [5, 5.41) is 5.74. The van der Waals surface area contributed by atoms with Gasteiger partial charge in [0, 0.05) is 36.8 Å². The zero-order valence-electron chi connectivity index (χ0n) is 20.9. The van der Waals surface area contributed by atoms with Crippen LogP contribution in [0, 0.1) is 11.8 Å². The number of nitrogens with one attached hydrogen (secondary N) is 2. The fourth-order valence-corrected chi connectivity index (χ4v) is 6.45. The normalized spacial score (nSPS) is 30.0. The Labute approximate surface area is 219 Å². The number of rotatable bonds is 3. The van der Waals surface area contributed by atoms with Gasteiger partial charge in [-0.15, -0.1) is 0 Å². The van der Waals surface area contributed by atoms with E-state index in [1.165, 1.54) is 11.0 Å². The Balaban J connectivity index is 1.17. The van der Waals surface area contributed by atoms with Crippen molar-refractivity contribution in [2.45, 2.75) is 43.3 Å². The van der Waals surface area contributed by atoms with Crippen LogP contribution >= 0.6 is 0 Å². The maximum Gasteiger partial charge on any atom is 0.251 e. The van der Waals surface area contributed by atoms with E-state index in [4.69, 9.17) is 0 Å². The average Bonchev–Trinajstić information content (AvgIpc) is 3.38. The lowest BCUT2D eigenvalue weighted by molar-refractivity contribution is -0.131. The summed E-state index contributed by atoms with van der Waals surface area (Å²) in [5.41, 5.74) is 2.47. The number of nitrogens with zero attached hydrogens (tertiary/aromatic N) is 2. The van der Waals surface area contributed by atoms with Gasteiger partial charge in [-0.2, -0.15) is 0 Å². The Hall–Kier alpha value is -3.88. The van der Waals surface area contributed by atoms with Crippen LogP contribution in [0.1, 0.15) is 39.9 Å². The lowest BCUT2D eigenvalue weighted by Gasteiger charge is -2.29. The van der Waals surface area contributed by atoms with Crippen molar-refractivity contribution in [3.63, 3.8) is 0 Å². The first kappa shape index (κ1) is 24.5. The van der Waals surface area contributed by atoms with Crippen LogP contribution in [0.3, 0.4) is 0 Å². The van der Waals surface area contributed by atoms with Gasteiger partial charge in [-0.1, -0.05) is 24.3 Å². The summed E-state index contributed by atoms with van der Waals surface area (Å²) in [4.78, 5) is 45.0. The Kier molecular flexibility index (Phi) is 5.89. The maximum atomic E-state index is 14.5. The summed E-state index contributed by atoms with van der Waals surface area (Å²) in [5.74, 6) is -1.85. The van der Waals surface area contributed by atoms with Gasteiger partial charge in [-0.3, -0.25) is 14.4 Å². The molecule has 1 aromatic heterocycles. The second-order valence-electron chi connectivity index (χ2n) is 10.8. The molecule has 2 aromatic rings. The number of fused-ring (bicyclic) bond motifs is 3. The van der Waals surface area contributed by atoms with Crippen LogP contribution in [0.4, 0.5) is 14.6 Å². The molecule has 196 valence electrons. The number of halogens is 2. The number of hydrogen-bond donors (Lipinski definition) is 2. The summed E-state index contributed by atoms with van der Waals surface area (Å²) in [7, 11) is 1.62. The van der Waals surface area contributed by atoms with Crippen LogP contribution in [0.5, 0.6) is 0 Å². The molecule has 2 aliphatic carbocycles. The van der Waals surface area contributed by atoms with E-state index in [-0.39, 0.29) is 30.2 Å². The van der Waals surface area contributed by atoms with E-state index in [9.17, 15) is 23.2 Å². The molecule has 1 fully saturated rings. The van der Waals surface area contributed by atoms with Gasteiger partial charge in [0.1, 0.15) is 17.7 Å². The van der Waals surface area contributed by atoms with E-state index < -0.39 is 29.4 Å². The van der Waals surface area contributed by atoms with Crippen molar-refractivity contribution in [1.29, 1.82) is 0 Å². The molecule has 3 amide bonds. The average molecular weight is 519 g/mol. The monoisotopic (exact) mass is 518 g/mol. The van der Waals surface area contributed by atoms with Crippen molar-refractivity contribution in [2.75, 3.05) is 18.9 Å². The number of hydrogen-bond acceptors (Lipinski definition) is 4. The van der Waals surface area contributed by atoms with Gasteiger partial charge in [0.15, 0.2) is 6.17 Å².